The Morgan fingerprint density at radius 1 is 1.30 bits per heavy atom. The minimum absolute atomic E-state index is 0.0278. The molecule has 27 heavy (non-hydrogen) atoms. The Balaban J connectivity index is 1.76. The van der Waals surface area contributed by atoms with Crippen molar-refractivity contribution in [1.82, 2.24) is 20.3 Å². The monoisotopic (exact) mass is 370 g/mol. The summed E-state index contributed by atoms with van der Waals surface area (Å²) in [6.07, 6.45) is 1.13. The van der Waals surface area contributed by atoms with E-state index in [-0.39, 0.29) is 11.8 Å². The molecule has 0 bridgehead atoms. The number of hydrogen-bond acceptors (Lipinski definition) is 5. The molecule has 3 rings (SSSR count). The molecular weight excluding hydrogens is 344 g/mol. The highest BCUT2D eigenvalue weighted by Gasteiger charge is 2.45. The summed E-state index contributed by atoms with van der Waals surface area (Å²) < 4.78 is 5.53. The standard InChI is InChI=1S/C20H26N4O3/c1-21-19(26)20(9-10-24(14-20)13-18(25)23(2)3)12-16-11-17(22-27-16)15-7-5-4-6-8-15/h4-8,11H,9-10,12-14H2,1-3H3,(H,21,26)/t20-/m0/s1. The van der Waals surface area contributed by atoms with Gasteiger partial charge in [-0.3, -0.25) is 14.5 Å². The van der Waals surface area contributed by atoms with Gasteiger partial charge in [0.15, 0.2) is 0 Å². The summed E-state index contributed by atoms with van der Waals surface area (Å²) in [5, 5.41) is 6.93. The number of likely N-dealkylation sites (N-methyl/N-ethyl adjacent to an activating group) is 1. The van der Waals surface area contributed by atoms with Crippen molar-refractivity contribution in [3.63, 3.8) is 0 Å². The second-order valence-corrected chi connectivity index (χ2v) is 7.33. The number of nitrogens with zero attached hydrogens (tertiary/aromatic N) is 3. The van der Waals surface area contributed by atoms with Crippen molar-refractivity contribution in [2.45, 2.75) is 12.8 Å². The Kier molecular flexibility index (Phi) is 5.60. The third-order valence-corrected chi connectivity index (χ3v) is 5.14. The summed E-state index contributed by atoms with van der Waals surface area (Å²) in [5.41, 5.74) is 1.12. The maximum Gasteiger partial charge on any atom is 0.236 e. The molecule has 1 N–H and O–H groups in total. The van der Waals surface area contributed by atoms with Crippen LogP contribution < -0.4 is 5.32 Å². The second-order valence-electron chi connectivity index (χ2n) is 7.33. The van der Waals surface area contributed by atoms with Gasteiger partial charge >= 0.3 is 0 Å². The van der Waals surface area contributed by atoms with Crippen LogP contribution in [0.25, 0.3) is 11.3 Å². The quantitative estimate of drug-likeness (QED) is 0.832. The third-order valence-electron chi connectivity index (χ3n) is 5.14. The lowest BCUT2D eigenvalue weighted by atomic mass is 9.81. The van der Waals surface area contributed by atoms with Crippen LogP contribution in [0.1, 0.15) is 12.2 Å². The van der Waals surface area contributed by atoms with E-state index in [1.807, 2.05) is 41.3 Å². The van der Waals surface area contributed by atoms with Crippen molar-refractivity contribution in [2.75, 3.05) is 40.8 Å². The molecule has 0 spiro atoms. The van der Waals surface area contributed by atoms with Gasteiger partial charge in [0.25, 0.3) is 0 Å². The SMILES string of the molecule is CNC(=O)[C@]1(Cc2cc(-c3ccccc3)no2)CCN(CC(=O)N(C)C)C1. The molecule has 1 atom stereocenters. The van der Waals surface area contributed by atoms with Crippen LogP contribution in [-0.4, -0.2) is 67.5 Å². The molecular formula is C20H26N4O3. The van der Waals surface area contributed by atoms with Gasteiger partial charge in [-0.05, 0) is 13.0 Å². The van der Waals surface area contributed by atoms with Gasteiger partial charge in [-0.15, -0.1) is 0 Å². The number of carbonyl (C=O) groups excluding carboxylic acids is 2. The molecule has 0 aliphatic carbocycles. The molecule has 2 amide bonds. The Labute approximate surface area is 159 Å². The number of benzene rings is 1. The van der Waals surface area contributed by atoms with E-state index in [0.717, 1.165) is 11.3 Å². The lowest BCUT2D eigenvalue weighted by molar-refractivity contribution is -0.132. The van der Waals surface area contributed by atoms with Gasteiger partial charge in [-0.2, -0.15) is 0 Å². The van der Waals surface area contributed by atoms with Crippen LogP contribution in [0.2, 0.25) is 0 Å². The van der Waals surface area contributed by atoms with Gasteiger partial charge in [-0.25, -0.2) is 0 Å². The predicted molar refractivity (Wildman–Crippen MR) is 102 cm³/mol. The molecule has 0 saturated carbocycles. The van der Waals surface area contributed by atoms with Gasteiger partial charge in [0.05, 0.1) is 12.0 Å². The molecule has 7 heteroatoms. The summed E-state index contributed by atoms with van der Waals surface area (Å²) in [5.74, 6) is 0.687. The highest BCUT2D eigenvalue weighted by molar-refractivity contribution is 5.84. The van der Waals surface area contributed by atoms with Crippen molar-refractivity contribution in [3.8, 4) is 11.3 Å². The number of rotatable bonds is 6. The van der Waals surface area contributed by atoms with Crippen molar-refractivity contribution < 1.29 is 14.1 Å². The van der Waals surface area contributed by atoms with Crippen molar-refractivity contribution in [3.05, 3.63) is 42.2 Å². The molecule has 2 aromatic rings. The molecule has 144 valence electrons. The maximum absolute atomic E-state index is 12.7. The van der Waals surface area contributed by atoms with Crippen LogP contribution in [0.15, 0.2) is 40.9 Å². The molecule has 1 aliphatic heterocycles. The summed E-state index contributed by atoms with van der Waals surface area (Å²) >= 11 is 0. The molecule has 0 unspecified atom stereocenters. The van der Waals surface area contributed by atoms with Gasteiger partial charge in [0.2, 0.25) is 11.8 Å². The first-order valence-corrected chi connectivity index (χ1v) is 9.09. The average molecular weight is 370 g/mol. The minimum atomic E-state index is -0.616. The maximum atomic E-state index is 12.7. The normalized spacial score (nSPS) is 19.8. The van der Waals surface area contributed by atoms with Gasteiger partial charge < -0.3 is 14.7 Å². The van der Waals surface area contributed by atoms with E-state index in [1.165, 1.54) is 0 Å². The highest BCUT2D eigenvalue weighted by Crippen LogP contribution is 2.35. The molecule has 2 heterocycles. The van der Waals surface area contributed by atoms with Crippen LogP contribution in [0, 0.1) is 5.41 Å². The number of aromatic nitrogens is 1. The Hall–Kier alpha value is -2.67. The first kappa shape index (κ1) is 19.1. The van der Waals surface area contributed by atoms with E-state index in [9.17, 15) is 9.59 Å². The zero-order chi connectivity index (χ0) is 19.4. The summed E-state index contributed by atoms with van der Waals surface area (Å²) in [6.45, 7) is 1.54. The first-order valence-electron chi connectivity index (χ1n) is 9.09. The minimum Gasteiger partial charge on any atom is -0.361 e. The molecule has 1 fully saturated rings. The largest absolute Gasteiger partial charge is 0.361 e. The first-order chi connectivity index (χ1) is 12.9. The summed E-state index contributed by atoms with van der Waals surface area (Å²) in [7, 11) is 5.13. The van der Waals surface area contributed by atoms with E-state index in [4.69, 9.17) is 4.52 Å². The van der Waals surface area contributed by atoms with E-state index < -0.39 is 5.41 Å². The van der Waals surface area contributed by atoms with Gasteiger partial charge in [-0.1, -0.05) is 35.5 Å². The Bertz CT molecular complexity index is 803. The lowest BCUT2D eigenvalue weighted by Crippen LogP contribution is -2.44. The zero-order valence-corrected chi connectivity index (χ0v) is 16.1. The number of nitrogens with one attached hydrogen (secondary N) is 1. The van der Waals surface area contributed by atoms with Crippen LogP contribution in [0.5, 0.6) is 0 Å². The molecule has 1 aromatic heterocycles. The van der Waals surface area contributed by atoms with Crippen LogP contribution in [0.3, 0.4) is 0 Å². The lowest BCUT2D eigenvalue weighted by Gasteiger charge is -2.26. The Morgan fingerprint density at radius 2 is 2.04 bits per heavy atom. The topological polar surface area (TPSA) is 78.7 Å². The number of hydrogen-bond donors (Lipinski definition) is 1. The molecule has 1 aliphatic rings. The molecule has 7 nitrogen and oxygen atoms in total. The van der Waals surface area contributed by atoms with E-state index in [1.54, 1.807) is 26.0 Å². The third kappa shape index (κ3) is 4.19. The smallest absolute Gasteiger partial charge is 0.236 e. The Morgan fingerprint density at radius 3 is 2.70 bits per heavy atom. The fourth-order valence-corrected chi connectivity index (χ4v) is 3.58. The van der Waals surface area contributed by atoms with E-state index in [2.05, 4.69) is 10.5 Å². The van der Waals surface area contributed by atoms with Crippen molar-refractivity contribution in [2.24, 2.45) is 5.41 Å². The average Bonchev–Trinajstić information content (AvgIpc) is 3.30. The summed E-state index contributed by atoms with van der Waals surface area (Å²) in [6, 6.07) is 11.7. The second kappa shape index (κ2) is 7.92. The van der Waals surface area contributed by atoms with Gasteiger partial charge in [0.1, 0.15) is 11.5 Å². The van der Waals surface area contributed by atoms with E-state index >= 15 is 0 Å². The predicted octanol–water partition coefficient (Wildman–Crippen LogP) is 1.41. The number of amides is 2. The van der Waals surface area contributed by atoms with Crippen LogP contribution >= 0.6 is 0 Å². The molecule has 0 radical (unpaired) electrons. The number of likely N-dealkylation sites (tertiary alicyclic amines) is 1. The molecule has 1 saturated heterocycles. The van der Waals surface area contributed by atoms with Crippen LogP contribution in [0.4, 0.5) is 0 Å². The van der Waals surface area contributed by atoms with E-state index in [0.29, 0.717) is 38.2 Å². The number of carbonyl (C=O) groups is 2. The fraction of sp³-hybridized carbons (Fsp3) is 0.450. The highest BCUT2D eigenvalue weighted by atomic mass is 16.5. The molecule has 1 aromatic carbocycles. The fourth-order valence-electron chi connectivity index (χ4n) is 3.58. The summed E-state index contributed by atoms with van der Waals surface area (Å²) in [4.78, 5) is 28.3. The van der Waals surface area contributed by atoms with Crippen molar-refractivity contribution in [1.29, 1.82) is 0 Å². The van der Waals surface area contributed by atoms with Crippen LogP contribution in [-0.2, 0) is 16.0 Å². The zero-order valence-electron chi connectivity index (χ0n) is 16.1. The van der Waals surface area contributed by atoms with Gasteiger partial charge in [0, 0.05) is 45.7 Å². The van der Waals surface area contributed by atoms with Crippen molar-refractivity contribution >= 4 is 11.8 Å².